The second-order valence-electron chi connectivity index (χ2n) is 13.8. The van der Waals surface area contributed by atoms with Gasteiger partial charge in [-0.05, 0) is 88.0 Å². The number of fused-ring (bicyclic) bond motifs is 8. The summed E-state index contributed by atoms with van der Waals surface area (Å²) in [7, 11) is 0. The zero-order valence-electron chi connectivity index (χ0n) is 28.6. The van der Waals surface area contributed by atoms with E-state index in [1.54, 1.807) is 0 Å². The average Bonchev–Trinajstić information content (AvgIpc) is 3.49. The summed E-state index contributed by atoms with van der Waals surface area (Å²) in [5.74, 6) is 0.615. The molecule has 50 heavy (non-hydrogen) atoms. The van der Waals surface area contributed by atoms with Crippen LogP contribution in [0.25, 0.3) is 39.1 Å². The van der Waals surface area contributed by atoms with Gasteiger partial charge in [0, 0.05) is 46.3 Å². The molecule has 0 spiro atoms. The van der Waals surface area contributed by atoms with Crippen molar-refractivity contribution in [2.75, 3.05) is 31.2 Å². The van der Waals surface area contributed by atoms with Gasteiger partial charge in [-0.25, -0.2) is 4.39 Å². The first-order chi connectivity index (χ1) is 24.6. The summed E-state index contributed by atoms with van der Waals surface area (Å²) in [5, 5.41) is 2.29. The van der Waals surface area contributed by atoms with E-state index in [9.17, 15) is 4.39 Å². The Kier molecular flexibility index (Phi) is 7.40. The predicted octanol–water partition coefficient (Wildman–Crippen LogP) is 10.9. The molecule has 0 bridgehead atoms. The van der Waals surface area contributed by atoms with Gasteiger partial charge in [-0.2, -0.15) is 0 Å². The van der Waals surface area contributed by atoms with Crippen molar-refractivity contribution < 1.29 is 13.9 Å². The predicted molar refractivity (Wildman–Crippen MR) is 202 cm³/mol. The zero-order chi connectivity index (χ0) is 33.9. The van der Waals surface area contributed by atoms with Crippen LogP contribution in [0.5, 0.6) is 5.75 Å². The van der Waals surface area contributed by atoms with Crippen LogP contribution in [-0.4, -0.2) is 26.3 Å². The lowest BCUT2D eigenvalue weighted by molar-refractivity contribution is 0.122. The van der Waals surface area contributed by atoms with Crippen LogP contribution < -0.4 is 9.64 Å². The van der Waals surface area contributed by atoms with Gasteiger partial charge in [-0.1, -0.05) is 111 Å². The van der Waals surface area contributed by atoms with E-state index in [-0.39, 0.29) is 11.2 Å². The maximum absolute atomic E-state index is 14.4. The van der Waals surface area contributed by atoms with E-state index >= 15 is 0 Å². The van der Waals surface area contributed by atoms with Crippen molar-refractivity contribution in [3.8, 4) is 28.0 Å². The summed E-state index contributed by atoms with van der Waals surface area (Å²) >= 11 is 0. The fourth-order valence-electron chi connectivity index (χ4n) is 8.87. The second kappa shape index (κ2) is 12.0. The SMILES string of the molecule is CCC1(CC)c2cc(-c3ccccc3)ccc2-c2c1c1c(c3ccccc23)OC(c2ccc(F)cc2)(c2ccc(N3CCOCC3)cc2)C=C1. The first-order valence-electron chi connectivity index (χ1n) is 17.9. The minimum absolute atomic E-state index is 0.188. The maximum atomic E-state index is 14.4. The van der Waals surface area contributed by atoms with Crippen molar-refractivity contribution in [1.82, 2.24) is 0 Å². The molecule has 1 saturated heterocycles. The van der Waals surface area contributed by atoms with Gasteiger partial charge in [0.15, 0.2) is 5.60 Å². The molecule has 248 valence electrons. The first kappa shape index (κ1) is 30.8. The number of nitrogens with zero attached hydrogens (tertiary/aromatic N) is 1. The minimum Gasteiger partial charge on any atom is -0.472 e. The van der Waals surface area contributed by atoms with Gasteiger partial charge in [0.2, 0.25) is 0 Å². The molecular weight excluding hydrogens is 618 g/mol. The van der Waals surface area contributed by atoms with Crippen LogP contribution in [0, 0.1) is 5.82 Å². The highest BCUT2D eigenvalue weighted by atomic mass is 19.1. The third-order valence-corrected chi connectivity index (χ3v) is 11.5. The van der Waals surface area contributed by atoms with Crippen LogP contribution in [0.1, 0.15) is 54.5 Å². The number of rotatable bonds is 6. The molecular formula is C46H40FNO2. The average molecular weight is 658 g/mol. The number of hydrogen-bond donors (Lipinski definition) is 0. The molecule has 6 aromatic rings. The highest BCUT2D eigenvalue weighted by molar-refractivity contribution is 6.08. The Morgan fingerprint density at radius 1 is 0.700 bits per heavy atom. The first-order valence-corrected chi connectivity index (χ1v) is 17.9. The van der Waals surface area contributed by atoms with Gasteiger partial charge in [0.1, 0.15) is 11.6 Å². The molecule has 0 amide bonds. The van der Waals surface area contributed by atoms with Gasteiger partial charge in [0.25, 0.3) is 0 Å². The Bertz CT molecular complexity index is 2250. The van der Waals surface area contributed by atoms with Gasteiger partial charge >= 0.3 is 0 Å². The summed E-state index contributed by atoms with van der Waals surface area (Å²) in [6.45, 7) is 7.85. The third kappa shape index (κ3) is 4.58. The Balaban J connectivity index is 1.26. The molecule has 2 heterocycles. The van der Waals surface area contributed by atoms with Crippen LogP contribution >= 0.6 is 0 Å². The third-order valence-electron chi connectivity index (χ3n) is 11.5. The van der Waals surface area contributed by atoms with Crippen LogP contribution in [0.3, 0.4) is 0 Å². The van der Waals surface area contributed by atoms with Gasteiger partial charge in [-0.3, -0.25) is 0 Å². The van der Waals surface area contributed by atoms with Crippen molar-refractivity contribution in [2.24, 2.45) is 0 Å². The highest BCUT2D eigenvalue weighted by Crippen LogP contribution is 2.60. The van der Waals surface area contributed by atoms with Crippen LogP contribution in [-0.2, 0) is 15.8 Å². The standard InChI is InChI=1S/C46H40FNO2/c1-3-45(4-2)41-30-32(31-10-6-5-7-11-31)14-23-39(41)42-37-12-8-9-13-38(37)44-40(43(42)45)24-25-46(50-44,33-15-19-35(47)20-16-33)34-17-21-36(22-18-34)48-26-28-49-29-27-48/h5-25,30H,3-4,26-29H2,1-2H3. The fraction of sp³-hybridized carbons (Fsp3) is 0.217. The number of anilines is 1. The summed E-state index contributed by atoms with van der Waals surface area (Å²) in [5.41, 5.74) is 10.9. The lowest BCUT2D eigenvalue weighted by Crippen LogP contribution is -2.37. The lowest BCUT2D eigenvalue weighted by Gasteiger charge is -2.39. The topological polar surface area (TPSA) is 21.7 Å². The number of halogens is 1. The molecule has 6 aromatic carbocycles. The Morgan fingerprint density at radius 2 is 1.36 bits per heavy atom. The van der Waals surface area contributed by atoms with Crippen LogP contribution in [0.15, 0.2) is 127 Å². The lowest BCUT2D eigenvalue weighted by atomic mass is 9.70. The maximum Gasteiger partial charge on any atom is 0.178 e. The van der Waals surface area contributed by atoms with Crippen molar-refractivity contribution >= 4 is 22.5 Å². The van der Waals surface area contributed by atoms with Crippen molar-refractivity contribution in [3.05, 3.63) is 161 Å². The molecule has 1 aliphatic carbocycles. The van der Waals surface area contributed by atoms with Crippen molar-refractivity contribution in [3.63, 3.8) is 0 Å². The fourth-order valence-corrected chi connectivity index (χ4v) is 8.87. The quantitative estimate of drug-likeness (QED) is 0.178. The number of hydrogen-bond acceptors (Lipinski definition) is 3. The van der Waals surface area contributed by atoms with E-state index in [2.05, 4.69) is 128 Å². The normalized spacial score (nSPS) is 18.7. The van der Waals surface area contributed by atoms with Crippen molar-refractivity contribution in [2.45, 2.75) is 37.7 Å². The second-order valence-corrected chi connectivity index (χ2v) is 13.8. The molecule has 1 unspecified atom stereocenters. The van der Waals surface area contributed by atoms with Gasteiger partial charge in [0.05, 0.1) is 13.2 Å². The number of benzene rings is 6. The molecule has 1 fully saturated rings. The summed E-state index contributed by atoms with van der Waals surface area (Å²) in [6.07, 6.45) is 6.43. The molecule has 0 aromatic heterocycles. The Labute approximate surface area is 293 Å². The van der Waals surface area contributed by atoms with Crippen LogP contribution in [0.2, 0.25) is 0 Å². The van der Waals surface area contributed by atoms with E-state index in [1.807, 2.05) is 12.1 Å². The Hall–Kier alpha value is -5.19. The molecule has 3 nitrogen and oxygen atoms in total. The summed E-state index contributed by atoms with van der Waals surface area (Å²) < 4.78 is 27.5. The number of ether oxygens (including phenoxy) is 2. The monoisotopic (exact) mass is 657 g/mol. The highest BCUT2D eigenvalue weighted by Gasteiger charge is 2.47. The van der Waals surface area contributed by atoms with E-state index in [0.717, 1.165) is 72.7 Å². The van der Waals surface area contributed by atoms with Gasteiger partial charge in [-0.15, -0.1) is 0 Å². The largest absolute Gasteiger partial charge is 0.472 e. The zero-order valence-corrected chi connectivity index (χ0v) is 28.6. The smallest absolute Gasteiger partial charge is 0.178 e. The molecule has 4 heteroatoms. The summed E-state index contributed by atoms with van der Waals surface area (Å²) in [6, 6.07) is 41.9. The molecule has 3 aliphatic rings. The summed E-state index contributed by atoms with van der Waals surface area (Å²) in [4.78, 5) is 2.36. The molecule has 2 aliphatic heterocycles. The minimum atomic E-state index is -0.950. The van der Waals surface area contributed by atoms with Crippen molar-refractivity contribution in [1.29, 1.82) is 0 Å². The van der Waals surface area contributed by atoms with Crippen LogP contribution in [0.4, 0.5) is 10.1 Å². The molecule has 1 atom stereocenters. The van der Waals surface area contributed by atoms with E-state index in [1.165, 1.54) is 50.9 Å². The van der Waals surface area contributed by atoms with E-state index < -0.39 is 5.60 Å². The van der Waals surface area contributed by atoms with E-state index in [4.69, 9.17) is 9.47 Å². The van der Waals surface area contributed by atoms with Gasteiger partial charge < -0.3 is 14.4 Å². The molecule has 9 rings (SSSR count). The Morgan fingerprint density at radius 3 is 2.06 bits per heavy atom. The molecule has 0 saturated carbocycles. The van der Waals surface area contributed by atoms with E-state index in [0.29, 0.717) is 0 Å². The molecule has 0 radical (unpaired) electrons. The number of morpholine rings is 1. The molecule has 0 N–H and O–H groups in total.